The monoisotopic (exact) mass is 378 g/mol. The molecule has 0 aromatic heterocycles. The molecule has 0 saturated heterocycles. The topological polar surface area (TPSA) is 0 Å². The number of fused-ring (bicyclic) bond motifs is 1. The molecule has 2 aliphatic rings. The third-order valence-corrected chi connectivity index (χ3v) is 7.40. The van der Waals surface area contributed by atoms with E-state index in [9.17, 15) is 0 Å². The molecule has 150 valence electrons. The zero-order valence-corrected chi connectivity index (χ0v) is 17.6. The quantitative estimate of drug-likeness (QED) is 0.499. The Morgan fingerprint density at radius 3 is 2.39 bits per heavy atom. The summed E-state index contributed by atoms with van der Waals surface area (Å²) in [5.41, 5.74) is 6.54. The van der Waals surface area contributed by atoms with Crippen LogP contribution in [0.15, 0.2) is 36.4 Å². The molecular formula is C27H35F. The van der Waals surface area contributed by atoms with E-state index in [-0.39, 0.29) is 5.82 Å². The predicted octanol–water partition coefficient (Wildman–Crippen LogP) is 7.73. The number of aryl methyl sites for hydroxylation is 2. The van der Waals surface area contributed by atoms with Gasteiger partial charge in [-0.1, -0.05) is 57.0 Å². The lowest BCUT2D eigenvalue weighted by Gasteiger charge is -2.29. The Morgan fingerprint density at radius 1 is 0.857 bits per heavy atom. The molecular weight excluding hydrogens is 343 g/mol. The molecule has 0 radical (unpaired) electrons. The van der Waals surface area contributed by atoms with Crippen molar-refractivity contribution in [3.8, 4) is 0 Å². The summed E-state index contributed by atoms with van der Waals surface area (Å²) in [7, 11) is 0. The van der Waals surface area contributed by atoms with E-state index < -0.39 is 0 Å². The van der Waals surface area contributed by atoms with Crippen molar-refractivity contribution in [1.82, 2.24) is 0 Å². The van der Waals surface area contributed by atoms with Crippen LogP contribution in [0.3, 0.4) is 0 Å². The minimum Gasteiger partial charge on any atom is -0.207 e. The van der Waals surface area contributed by atoms with E-state index in [4.69, 9.17) is 0 Å². The molecule has 2 aromatic carbocycles. The maximum absolute atomic E-state index is 15.1. The number of hydrogen-bond acceptors (Lipinski definition) is 0. The summed E-state index contributed by atoms with van der Waals surface area (Å²) in [5.74, 6) is 1.82. The Balaban J connectivity index is 1.46. The average Bonchev–Trinajstić information content (AvgIpc) is 2.73. The van der Waals surface area contributed by atoms with Crippen LogP contribution in [0, 0.1) is 11.7 Å². The van der Waals surface area contributed by atoms with Crippen molar-refractivity contribution in [2.45, 2.75) is 89.9 Å². The highest BCUT2D eigenvalue weighted by atomic mass is 19.1. The average molecular weight is 379 g/mol. The van der Waals surface area contributed by atoms with Gasteiger partial charge in [0.05, 0.1) is 0 Å². The summed E-state index contributed by atoms with van der Waals surface area (Å²) in [6.45, 7) is 4.53. The van der Waals surface area contributed by atoms with E-state index in [1.54, 1.807) is 0 Å². The minimum absolute atomic E-state index is 0.0335. The molecule has 0 amide bonds. The van der Waals surface area contributed by atoms with Crippen LogP contribution >= 0.6 is 0 Å². The van der Waals surface area contributed by atoms with Gasteiger partial charge in [0, 0.05) is 0 Å². The fraction of sp³-hybridized carbons (Fsp3) is 0.556. The third-order valence-electron chi connectivity index (χ3n) is 7.40. The number of rotatable bonds is 5. The summed E-state index contributed by atoms with van der Waals surface area (Å²) >= 11 is 0. The van der Waals surface area contributed by atoms with Gasteiger partial charge in [0.15, 0.2) is 0 Å². The van der Waals surface area contributed by atoms with Gasteiger partial charge in [0.1, 0.15) is 5.82 Å². The highest BCUT2D eigenvalue weighted by molar-refractivity contribution is 5.38. The van der Waals surface area contributed by atoms with Crippen LogP contribution in [-0.2, 0) is 19.3 Å². The van der Waals surface area contributed by atoms with Gasteiger partial charge in [-0.05, 0) is 103 Å². The van der Waals surface area contributed by atoms with Crippen molar-refractivity contribution in [1.29, 1.82) is 0 Å². The first kappa shape index (κ1) is 19.7. The lowest BCUT2D eigenvalue weighted by Crippen LogP contribution is -2.16. The lowest BCUT2D eigenvalue weighted by molar-refractivity contribution is 0.318. The molecule has 1 heteroatoms. The second-order valence-electron chi connectivity index (χ2n) is 9.20. The van der Waals surface area contributed by atoms with E-state index in [0.29, 0.717) is 11.8 Å². The standard InChI is InChI=1S/C27H35F/c1-3-5-20-8-11-23-17-25(13-12-22(23)16-20)26-15-14-24(18-27(26)28)21-9-6-19(4-2)7-10-21/h8,11,14-16,18-19,21,25H,3-7,9-10,12-13,17H2,1-2H3. The van der Waals surface area contributed by atoms with E-state index in [2.05, 4.69) is 44.2 Å². The molecule has 0 spiro atoms. The summed E-state index contributed by atoms with van der Waals surface area (Å²) in [6.07, 6.45) is 11.9. The number of halogens is 1. The maximum Gasteiger partial charge on any atom is 0.126 e. The van der Waals surface area contributed by atoms with Gasteiger partial charge >= 0.3 is 0 Å². The number of benzene rings is 2. The molecule has 0 aliphatic heterocycles. The van der Waals surface area contributed by atoms with Gasteiger partial charge in [-0.25, -0.2) is 4.39 Å². The van der Waals surface area contributed by atoms with E-state index >= 15 is 4.39 Å². The predicted molar refractivity (Wildman–Crippen MR) is 117 cm³/mol. The SMILES string of the molecule is CCCc1ccc2c(c1)CCC(c1ccc(C3CCC(CC)CC3)cc1F)C2. The van der Waals surface area contributed by atoms with Crippen molar-refractivity contribution in [2.24, 2.45) is 5.92 Å². The minimum atomic E-state index is 0.0335. The molecule has 2 aromatic rings. The van der Waals surface area contributed by atoms with Gasteiger partial charge in [-0.15, -0.1) is 0 Å². The van der Waals surface area contributed by atoms with Gasteiger partial charge in [-0.3, -0.25) is 0 Å². The molecule has 1 unspecified atom stereocenters. The van der Waals surface area contributed by atoms with Crippen molar-refractivity contribution in [3.05, 3.63) is 70.0 Å². The smallest absolute Gasteiger partial charge is 0.126 e. The van der Waals surface area contributed by atoms with Crippen LogP contribution in [0.5, 0.6) is 0 Å². The van der Waals surface area contributed by atoms with Gasteiger partial charge in [0.25, 0.3) is 0 Å². The zero-order valence-electron chi connectivity index (χ0n) is 17.6. The first-order chi connectivity index (χ1) is 13.7. The largest absolute Gasteiger partial charge is 0.207 e. The summed E-state index contributed by atoms with van der Waals surface area (Å²) < 4.78 is 15.1. The molecule has 0 nitrogen and oxygen atoms in total. The highest BCUT2D eigenvalue weighted by Gasteiger charge is 2.25. The van der Waals surface area contributed by atoms with Crippen LogP contribution in [0.2, 0.25) is 0 Å². The molecule has 4 rings (SSSR count). The molecule has 1 saturated carbocycles. The first-order valence-corrected chi connectivity index (χ1v) is 11.6. The summed E-state index contributed by atoms with van der Waals surface area (Å²) in [6, 6.07) is 13.2. The Hall–Kier alpha value is -1.63. The second kappa shape index (κ2) is 8.80. The Kier molecular flexibility index (Phi) is 6.19. The summed E-state index contributed by atoms with van der Waals surface area (Å²) in [5, 5.41) is 0. The Labute approximate surface area is 170 Å². The molecule has 1 atom stereocenters. The van der Waals surface area contributed by atoms with Crippen molar-refractivity contribution in [3.63, 3.8) is 0 Å². The van der Waals surface area contributed by atoms with Crippen LogP contribution < -0.4 is 0 Å². The van der Waals surface area contributed by atoms with Gasteiger partial charge in [-0.2, -0.15) is 0 Å². The fourth-order valence-electron chi connectivity index (χ4n) is 5.55. The third kappa shape index (κ3) is 4.19. The van der Waals surface area contributed by atoms with Crippen LogP contribution in [-0.4, -0.2) is 0 Å². The van der Waals surface area contributed by atoms with Crippen molar-refractivity contribution >= 4 is 0 Å². The molecule has 0 heterocycles. The Bertz CT molecular complexity index is 798. The molecule has 0 bridgehead atoms. The van der Waals surface area contributed by atoms with Crippen LogP contribution in [0.4, 0.5) is 4.39 Å². The van der Waals surface area contributed by atoms with E-state index in [0.717, 1.165) is 37.2 Å². The fourth-order valence-corrected chi connectivity index (χ4v) is 5.55. The zero-order chi connectivity index (χ0) is 19.5. The van der Waals surface area contributed by atoms with E-state index in [1.165, 1.54) is 60.8 Å². The number of hydrogen-bond donors (Lipinski definition) is 0. The van der Waals surface area contributed by atoms with Gasteiger partial charge in [0.2, 0.25) is 0 Å². The first-order valence-electron chi connectivity index (χ1n) is 11.6. The van der Waals surface area contributed by atoms with Crippen molar-refractivity contribution in [2.75, 3.05) is 0 Å². The second-order valence-corrected chi connectivity index (χ2v) is 9.20. The normalized spacial score (nSPS) is 24.8. The van der Waals surface area contributed by atoms with Gasteiger partial charge < -0.3 is 0 Å². The molecule has 28 heavy (non-hydrogen) atoms. The maximum atomic E-state index is 15.1. The van der Waals surface area contributed by atoms with E-state index in [1.807, 2.05) is 6.07 Å². The lowest BCUT2D eigenvalue weighted by atomic mass is 9.76. The molecule has 0 N–H and O–H groups in total. The molecule has 2 aliphatic carbocycles. The Morgan fingerprint density at radius 2 is 1.68 bits per heavy atom. The van der Waals surface area contributed by atoms with Crippen LogP contribution in [0.25, 0.3) is 0 Å². The summed E-state index contributed by atoms with van der Waals surface area (Å²) in [4.78, 5) is 0. The highest BCUT2D eigenvalue weighted by Crippen LogP contribution is 2.39. The van der Waals surface area contributed by atoms with Crippen molar-refractivity contribution < 1.29 is 4.39 Å². The molecule has 1 fully saturated rings. The van der Waals surface area contributed by atoms with Crippen LogP contribution in [0.1, 0.15) is 98.4 Å².